The minimum absolute atomic E-state index is 0.00451. The lowest BCUT2D eigenvalue weighted by Crippen LogP contribution is -2.27. The third kappa shape index (κ3) is 3.75. The van der Waals surface area contributed by atoms with Crippen LogP contribution in [0.2, 0.25) is 5.02 Å². The van der Waals surface area contributed by atoms with Crippen molar-refractivity contribution in [3.63, 3.8) is 0 Å². The SMILES string of the molecule is COC(=O)CC1(CC(N)c2cc(Cl)c(Br)s2)CCCC1. The quantitative estimate of drug-likeness (QED) is 0.755. The molecule has 1 atom stereocenters. The summed E-state index contributed by atoms with van der Waals surface area (Å²) in [5, 5.41) is 0.703. The predicted molar refractivity (Wildman–Crippen MR) is 86.1 cm³/mol. The smallest absolute Gasteiger partial charge is 0.306 e. The minimum Gasteiger partial charge on any atom is -0.469 e. The fourth-order valence-corrected chi connectivity index (χ4v) is 4.82. The number of hydrogen-bond donors (Lipinski definition) is 1. The van der Waals surface area contributed by atoms with Gasteiger partial charge in [-0.2, -0.15) is 0 Å². The number of halogens is 2. The van der Waals surface area contributed by atoms with Crippen molar-refractivity contribution in [1.82, 2.24) is 0 Å². The Morgan fingerprint density at radius 1 is 1.60 bits per heavy atom. The monoisotopic (exact) mass is 379 g/mol. The molecule has 0 saturated heterocycles. The summed E-state index contributed by atoms with van der Waals surface area (Å²) < 4.78 is 5.76. The van der Waals surface area contributed by atoms with Gasteiger partial charge in [0, 0.05) is 10.9 Å². The summed E-state index contributed by atoms with van der Waals surface area (Å²) in [6, 6.07) is 1.84. The highest BCUT2D eigenvalue weighted by molar-refractivity contribution is 9.11. The maximum Gasteiger partial charge on any atom is 0.306 e. The first-order valence-corrected chi connectivity index (χ1v) is 8.72. The van der Waals surface area contributed by atoms with Gasteiger partial charge in [0.2, 0.25) is 0 Å². The number of nitrogens with two attached hydrogens (primary N) is 1. The highest BCUT2D eigenvalue weighted by Crippen LogP contribution is 2.48. The van der Waals surface area contributed by atoms with E-state index < -0.39 is 0 Å². The van der Waals surface area contributed by atoms with Gasteiger partial charge >= 0.3 is 5.97 Å². The molecule has 1 heterocycles. The molecule has 1 aliphatic rings. The third-order valence-electron chi connectivity index (χ3n) is 4.09. The summed E-state index contributed by atoms with van der Waals surface area (Å²) in [6.07, 6.45) is 5.71. The molecular formula is C14H19BrClNO2S. The van der Waals surface area contributed by atoms with E-state index in [1.165, 1.54) is 20.0 Å². The van der Waals surface area contributed by atoms with Gasteiger partial charge in [0.15, 0.2) is 0 Å². The molecule has 2 N–H and O–H groups in total. The second-order valence-electron chi connectivity index (χ2n) is 5.54. The van der Waals surface area contributed by atoms with Gasteiger partial charge in [0.1, 0.15) is 0 Å². The molecule has 0 aliphatic heterocycles. The number of esters is 1. The Bertz CT molecular complexity index is 466. The Hall–Kier alpha value is -0.100. The number of thiophene rings is 1. The lowest BCUT2D eigenvalue weighted by Gasteiger charge is -2.30. The van der Waals surface area contributed by atoms with Crippen molar-refractivity contribution in [3.8, 4) is 0 Å². The van der Waals surface area contributed by atoms with Crippen LogP contribution in [0.15, 0.2) is 9.85 Å². The average Bonchev–Trinajstić information content (AvgIpc) is 2.98. The molecule has 0 amide bonds. The summed E-state index contributed by atoms with van der Waals surface area (Å²) in [6.45, 7) is 0. The van der Waals surface area contributed by atoms with Crippen LogP contribution in [0.4, 0.5) is 0 Å². The molecule has 20 heavy (non-hydrogen) atoms. The van der Waals surface area contributed by atoms with Crippen LogP contribution in [-0.2, 0) is 9.53 Å². The molecule has 6 heteroatoms. The van der Waals surface area contributed by atoms with Crippen molar-refractivity contribution in [3.05, 3.63) is 19.8 Å². The fourth-order valence-electron chi connectivity index (χ4n) is 3.07. The van der Waals surface area contributed by atoms with Crippen LogP contribution in [0.25, 0.3) is 0 Å². The van der Waals surface area contributed by atoms with E-state index in [2.05, 4.69) is 15.9 Å². The molecule has 0 radical (unpaired) electrons. The van der Waals surface area contributed by atoms with E-state index >= 15 is 0 Å². The maximum absolute atomic E-state index is 11.7. The van der Waals surface area contributed by atoms with Crippen molar-refractivity contribution in [2.45, 2.75) is 44.6 Å². The normalized spacial score (nSPS) is 19.0. The largest absolute Gasteiger partial charge is 0.469 e. The summed E-state index contributed by atoms with van der Waals surface area (Å²) in [4.78, 5) is 12.7. The molecule has 0 spiro atoms. The van der Waals surface area contributed by atoms with Crippen LogP contribution < -0.4 is 5.73 Å². The molecule has 1 aromatic heterocycles. The van der Waals surface area contributed by atoms with E-state index in [1.54, 1.807) is 11.3 Å². The van der Waals surface area contributed by atoms with Crippen LogP contribution in [0.5, 0.6) is 0 Å². The summed E-state index contributed by atoms with van der Waals surface area (Å²) >= 11 is 11.1. The molecule has 1 saturated carbocycles. The van der Waals surface area contributed by atoms with Crippen LogP contribution in [-0.4, -0.2) is 13.1 Å². The fraction of sp³-hybridized carbons (Fsp3) is 0.643. The highest BCUT2D eigenvalue weighted by Gasteiger charge is 2.38. The molecule has 1 unspecified atom stereocenters. The first-order valence-electron chi connectivity index (χ1n) is 6.73. The van der Waals surface area contributed by atoms with Crippen molar-refractivity contribution < 1.29 is 9.53 Å². The molecule has 112 valence electrons. The van der Waals surface area contributed by atoms with Gasteiger partial charge in [-0.3, -0.25) is 4.79 Å². The van der Waals surface area contributed by atoms with Crippen molar-refractivity contribution >= 4 is 44.8 Å². The zero-order valence-corrected chi connectivity index (χ0v) is 14.6. The summed E-state index contributed by atoms with van der Waals surface area (Å²) in [5.74, 6) is -0.135. The number of rotatable bonds is 5. The predicted octanol–water partition coefficient (Wildman–Crippen LogP) is 4.68. The van der Waals surface area contributed by atoms with Crippen LogP contribution in [0, 0.1) is 5.41 Å². The van der Waals surface area contributed by atoms with E-state index in [9.17, 15) is 4.79 Å². The van der Waals surface area contributed by atoms with E-state index in [0.29, 0.717) is 11.4 Å². The van der Waals surface area contributed by atoms with Crippen LogP contribution >= 0.6 is 38.9 Å². The van der Waals surface area contributed by atoms with E-state index in [-0.39, 0.29) is 17.4 Å². The molecule has 0 bridgehead atoms. The molecule has 2 rings (SSSR count). The van der Waals surface area contributed by atoms with E-state index in [1.807, 2.05) is 6.07 Å². The molecule has 1 aliphatic carbocycles. The lowest BCUT2D eigenvalue weighted by molar-refractivity contribution is -0.143. The zero-order chi connectivity index (χ0) is 14.8. The van der Waals surface area contributed by atoms with Crippen molar-refractivity contribution in [1.29, 1.82) is 0 Å². The van der Waals surface area contributed by atoms with E-state index in [4.69, 9.17) is 22.1 Å². The molecule has 1 aromatic rings. The Morgan fingerprint density at radius 3 is 2.75 bits per heavy atom. The van der Waals surface area contributed by atoms with Gasteiger partial charge in [0.25, 0.3) is 0 Å². The standard InChI is InChI=1S/C14H19BrClNO2S/c1-19-12(18)8-14(4-2-3-5-14)7-10(17)11-6-9(16)13(15)20-11/h6,10H,2-5,7-8,17H2,1H3. The number of carbonyl (C=O) groups is 1. The second-order valence-corrected chi connectivity index (χ2v) is 8.35. The van der Waals surface area contributed by atoms with Crippen molar-refractivity contribution in [2.24, 2.45) is 11.1 Å². The van der Waals surface area contributed by atoms with Gasteiger partial charge in [-0.1, -0.05) is 24.4 Å². The number of carbonyl (C=O) groups excluding carboxylic acids is 1. The number of methoxy groups -OCH3 is 1. The van der Waals surface area contributed by atoms with Gasteiger partial charge in [0.05, 0.1) is 22.3 Å². The first-order chi connectivity index (χ1) is 9.46. The Labute approximate surface area is 137 Å². The number of hydrogen-bond acceptors (Lipinski definition) is 4. The second kappa shape index (κ2) is 6.77. The average molecular weight is 381 g/mol. The Morgan fingerprint density at radius 2 is 2.25 bits per heavy atom. The molecule has 1 fully saturated rings. The lowest BCUT2D eigenvalue weighted by atomic mass is 9.77. The van der Waals surface area contributed by atoms with Gasteiger partial charge in [-0.25, -0.2) is 0 Å². The van der Waals surface area contributed by atoms with Gasteiger partial charge < -0.3 is 10.5 Å². The summed E-state index contributed by atoms with van der Waals surface area (Å²) in [7, 11) is 1.45. The Kier molecular flexibility index (Phi) is 5.51. The highest BCUT2D eigenvalue weighted by atomic mass is 79.9. The van der Waals surface area contributed by atoms with Crippen molar-refractivity contribution in [2.75, 3.05) is 7.11 Å². The maximum atomic E-state index is 11.7. The number of ether oxygens (including phenoxy) is 1. The van der Waals surface area contributed by atoms with Crippen LogP contribution in [0.1, 0.15) is 49.4 Å². The summed E-state index contributed by atoms with van der Waals surface area (Å²) in [5.41, 5.74) is 6.33. The third-order valence-corrected chi connectivity index (χ3v) is 6.70. The molecular weight excluding hydrogens is 362 g/mol. The Balaban J connectivity index is 2.09. The zero-order valence-electron chi connectivity index (χ0n) is 11.5. The minimum atomic E-state index is -0.135. The van der Waals surface area contributed by atoms with Gasteiger partial charge in [-0.05, 0) is 46.7 Å². The van der Waals surface area contributed by atoms with Gasteiger partial charge in [-0.15, -0.1) is 11.3 Å². The molecule has 3 nitrogen and oxygen atoms in total. The first kappa shape index (κ1) is 16.3. The topological polar surface area (TPSA) is 52.3 Å². The van der Waals surface area contributed by atoms with E-state index in [0.717, 1.165) is 27.9 Å². The van der Waals surface area contributed by atoms with Crippen LogP contribution in [0.3, 0.4) is 0 Å². The molecule has 0 aromatic carbocycles.